The van der Waals surface area contributed by atoms with Crippen molar-refractivity contribution in [1.29, 1.82) is 5.26 Å². The Balaban J connectivity index is 2.03. The molecule has 0 bridgehead atoms. The van der Waals surface area contributed by atoms with Crippen molar-refractivity contribution >= 4 is 17.8 Å². The zero-order chi connectivity index (χ0) is 23.5. The second kappa shape index (κ2) is 12.3. The number of ether oxygens (including phenoxy) is 3. The van der Waals surface area contributed by atoms with Gasteiger partial charge in [0.15, 0.2) is 6.61 Å². The third-order valence-electron chi connectivity index (χ3n) is 4.69. The molecule has 1 heterocycles. The average molecular weight is 440 g/mol. The minimum absolute atomic E-state index is 0.0901. The van der Waals surface area contributed by atoms with Gasteiger partial charge in [0.1, 0.15) is 17.4 Å². The number of amides is 1. The molecule has 1 aromatic heterocycles. The molecule has 0 aliphatic heterocycles. The highest BCUT2D eigenvalue weighted by Crippen LogP contribution is 2.24. The third-order valence-corrected chi connectivity index (χ3v) is 4.69. The second-order valence-corrected chi connectivity index (χ2v) is 6.83. The van der Waals surface area contributed by atoms with Crippen LogP contribution in [0.3, 0.4) is 0 Å². The number of rotatable bonds is 11. The van der Waals surface area contributed by atoms with Crippen molar-refractivity contribution in [3.63, 3.8) is 0 Å². The SMILES string of the molecule is CCN(CC)c1ccc(/C=N/NC(=O)COc2nc(C)cc(COC)c2C#N)c(OC)c1. The first-order chi connectivity index (χ1) is 15.5. The summed E-state index contributed by atoms with van der Waals surface area (Å²) in [5.41, 5.74) is 5.73. The first-order valence-corrected chi connectivity index (χ1v) is 10.2. The van der Waals surface area contributed by atoms with E-state index in [4.69, 9.17) is 14.2 Å². The number of pyridine rings is 1. The van der Waals surface area contributed by atoms with E-state index in [1.54, 1.807) is 20.1 Å². The molecule has 1 aromatic carbocycles. The Hall–Kier alpha value is -3.64. The normalized spacial score (nSPS) is 10.6. The average Bonchev–Trinajstić information content (AvgIpc) is 2.79. The summed E-state index contributed by atoms with van der Waals surface area (Å²) >= 11 is 0. The van der Waals surface area contributed by atoms with Crippen molar-refractivity contribution in [3.05, 3.63) is 46.6 Å². The first-order valence-electron chi connectivity index (χ1n) is 10.2. The van der Waals surface area contributed by atoms with Crippen LogP contribution in [0.4, 0.5) is 5.69 Å². The number of nitrogens with zero attached hydrogens (tertiary/aromatic N) is 4. The molecule has 0 saturated heterocycles. The Labute approximate surface area is 188 Å². The molecule has 0 atom stereocenters. The van der Waals surface area contributed by atoms with Crippen LogP contribution in [-0.4, -0.2) is 51.0 Å². The van der Waals surface area contributed by atoms with Gasteiger partial charge in [-0.2, -0.15) is 10.4 Å². The van der Waals surface area contributed by atoms with Gasteiger partial charge < -0.3 is 19.1 Å². The van der Waals surface area contributed by atoms with Crippen molar-refractivity contribution in [3.8, 4) is 17.7 Å². The fourth-order valence-corrected chi connectivity index (χ4v) is 3.14. The summed E-state index contributed by atoms with van der Waals surface area (Å²) in [6.45, 7) is 7.64. The molecule has 0 saturated carbocycles. The largest absolute Gasteiger partial charge is 0.496 e. The molecular formula is C23H29N5O4. The van der Waals surface area contributed by atoms with E-state index in [-0.39, 0.29) is 24.7 Å². The lowest BCUT2D eigenvalue weighted by Crippen LogP contribution is -2.25. The lowest BCUT2D eigenvalue weighted by molar-refractivity contribution is -0.123. The number of aromatic nitrogens is 1. The van der Waals surface area contributed by atoms with Gasteiger partial charge in [0.05, 0.1) is 19.9 Å². The summed E-state index contributed by atoms with van der Waals surface area (Å²) in [6, 6.07) is 9.59. The number of benzene rings is 1. The number of aryl methyl sites for hydroxylation is 1. The maximum Gasteiger partial charge on any atom is 0.278 e. The molecule has 1 amide bonds. The Morgan fingerprint density at radius 1 is 1.28 bits per heavy atom. The van der Waals surface area contributed by atoms with Gasteiger partial charge in [0, 0.05) is 48.8 Å². The van der Waals surface area contributed by atoms with E-state index in [1.807, 2.05) is 18.2 Å². The quantitative estimate of drug-likeness (QED) is 0.423. The lowest BCUT2D eigenvalue weighted by atomic mass is 10.1. The topological polar surface area (TPSA) is 109 Å². The van der Waals surface area contributed by atoms with Gasteiger partial charge in [-0.25, -0.2) is 10.4 Å². The summed E-state index contributed by atoms with van der Waals surface area (Å²) in [6.07, 6.45) is 1.51. The van der Waals surface area contributed by atoms with E-state index in [0.717, 1.165) is 24.3 Å². The number of carbonyl (C=O) groups excluding carboxylic acids is 1. The van der Waals surface area contributed by atoms with Crippen molar-refractivity contribution in [2.45, 2.75) is 27.4 Å². The maximum absolute atomic E-state index is 12.2. The van der Waals surface area contributed by atoms with E-state index < -0.39 is 5.91 Å². The van der Waals surface area contributed by atoms with E-state index in [2.05, 4.69) is 40.3 Å². The molecule has 9 heteroatoms. The molecule has 9 nitrogen and oxygen atoms in total. The van der Waals surface area contributed by atoms with E-state index in [9.17, 15) is 10.1 Å². The maximum atomic E-state index is 12.2. The number of nitriles is 1. The molecule has 0 aliphatic rings. The molecular weight excluding hydrogens is 410 g/mol. The summed E-state index contributed by atoms with van der Waals surface area (Å²) in [5, 5.41) is 13.4. The molecule has 0 fully saturated rings. The minimum atomic E-state index is -0.486. The van der Waals surface area contributed by atoms with Crippen LogP contribution in [0.1, 0.15) is 36.2 Å². The predicted octanol–water partition coefficient (Wildman–Crippen LogP) is 2.79. The van der Waals surface area contributed by atoms with E-state index in [1.165, 1.54) is 13.3 Å². The number of nitrogens with one attached hydrogen (secondary N) is 1. The molecule has 170 valence electrons. The number of carbonyl (C=O) groups is 1. The van der Waals surface area contributed by atoms with Gasteiger partial charge in [0.25, 0.3) is 5.91 Å². The van der Waals surface area contributed by atoms with Crippen LogP contribution in [0.25, 0.3) is 0 Å². The summed E-state index contributed by atoms with van der Waals surface area (Å²) in [4.78, 5) is 18.6. The third kappa shape index (κ3) is 6.43. The molecule has 0 unspecified atom stereocenters. The highest BCUT2D eigenvalue weighted by atomic mass is 16.5. The number of hydrogen-bond acceptors (Lipinski definition) is 8. The number of hydrogen-bond donors (Lipinski definition) is 1. The monoisotopic (exact) mass is 439 g/mol. The van der Waals surface area contributed by atoms with Crippen LogP contribution in [-0.2, 0) is 16.1 Å². The van der Waals surface area contributed by atoms with Gasteiger partial charge in [-0.1, -0.05) is 0 Å². The van der Waals surface area contributed by atoms with Crippen LogP contribution in [0, 0.1) is 18.3 Å². The molecule has 0 aliphatic carbocycles. The van der Waals surface area contributed by atoms with Crippen LogP contribution >= 0.6 is 0 Å². The number of methoxy groups -OCH3 is 2. The zero-order valence-electron chi connectivity index (χ0n) is 19.1. The highest BCUT2D eigenvalue weighted by molar-refractivity contribution is 5.86. The molecule has 2 rings (SSSR count). The van der Waals surface area contributed by atoms with E-state index in [0.29, 0.717) is 17.0 Å². The fraction of sp³-hybridized carbons (Fsp3) is 0.391. The molecule has 1 N–H and O–H groups in total. The molecule has 0 radical (unpaired) electrons. The Kier molecular flexibility index (Phi) is 9.44. The van der Waals surface area contributed by atoms with Gasteiger partial charge in [0.2, 0.25) is 5.88 Å². The standard InChI is InChI=1S/C23H29N5O4/c1-6-28(7-2)19-9-8-17(21(11-19)31-5)13-25-27-22(29)15-32-23-20(12-24)18(14-30-4)10-16(3)26-23/h8-11,13H,6-7,14-15H2,1-5H3,(H,27,29)/b25-13+. The van der Waals surface area contributed by atoms with Crippen LogP contribution < -0.4 is 19.8 Å². The smallest absolute Gasteiger partial charge is 0.278 e. The second-order valence-electron chi connectivity index (χ2n) is 6.83. The Morgan fingerprint density at radius 2 is 2.03 bits per heavy atom. The first kappa shape index (κ1) is 24.6. The van der Waals surface area contributed by atoms with Gasteiger partial charge in [-0.3, -0.25) is 4.79 Å². The molecule has 2 aromatic rings. The van der Waals surface area contributed by atoms with Gasteiger partial charge >= 0.3 is 0 Å². The Morgan fingerprint density at radius 3 is 2.66 bits per heavy atom. The van der Waals surface area contributed by atoms with Crippen molar-refractivity contribution in [2.24, 2.45) is 5.10 Å². The molecule has 0 spiro atoms. The van der Waals surface area contributed by atoms with Crippen molar-refractivity contribution in [1.82, 2.24) is 10.4 Å². The van der Waals surface area contributed by atoms with Crippen LogP contribution in [0.2, 0.25) is 0 Å². The van der Waals surface area contributed by atoms with Crippen molar-refractivity contribution in [2.75, 3.05) is 38.8 Å². The zero-order valence-corrected chi connectivity index (χ0v) is 19.1. The highest BCUT2D eigenvalue weighted by Gasteiger charge is 2.14. The van der Waals surface area contributed by atoms with Crippen LogP contribution in [0.5, 0.6) is 11.6 Å². The lowest BCUT2D eigenvalue weighted by Gasteiger charge is -2.21. The van der Waals surface area contributed by atoms with Crippen LogP contribution in [0.15, 0.2) is 29.4 Å². The Bertz CT molecular complexity index is 997. The number of hydrazone groups is 1. The summed E-state index contributed by atoms with van der Waals surface area (Å²) in [7, 11) is 3.12. The molecule has 32 heavy (non-hydrogen) atoms. The van der Waals surface area contributed by atoms with Crippen molar-refractivity contribution < 1.29 is 19.0 Å². The fourth-order valence-electron chi connectivity index (χ4n) is 3.14. The predicted molar refractivity (Wildman–Crippen MR) is 122 cm³/mol. The minimum Gasteiger partial charge on any atom is -0.496 e. The van der Waals surface area contributed by atoms with Gasteiger partial charge in [-0.15, -0.1) is 0 Å². The van der Waals surface area contributed by atoms with Gasteiger partial charge in [-0.05, 0) is 39.0 Å². The summed E-state index contributed by atoms with van der Waals surface area (Å²) < 4.78 is 16.0. The van der Waals surface area contributed by atoms with E-state index >= 15 is 0 Å². The number of anilines is 1. The summed E-state index contributed by atoms with van der Waals surface area (Å²) in [5.74, 6) is 0.254.